The van der Waals surface area contributed by atoms with Crippen molar-refractivity contribution in [2.45, 2.75) is 26.2 Å². The van der Waals surface area contributed by atoms with E-state index in [1.807, 2.05) is 23.6 Å². The van der Waals surface area contributed by atoms with Crippen molar-refractivity contribution in [3.05, 3.63) is 65.9 Å². The van der Waals surface area contributed by atoms with Crippen LogP contribution >= 0.6 is 22.7 Å². The predicted octanol–water partition coefficient (Wildman–Crippen LogP) is 8.37. The smallest absolute Gasteiger partial charge is 0.143 e. The zero-order valence-corrected chi connectivity index (χ0v) is 18.1. The Labute approximate surface area is 176 Å². The van der Waals surface area contributed by atoms with Gasteiger partial charge in [-0.1, -0.05) is 20.8 Å². The van der Waals surface area contributed by atoms with Gasteiger partial charge in [-0.05, 0) is 64.2 Å². The van der Waals surface area contributed by atoms with Gasteiger partial charge in [0.15, 0.2) is 0 Å². The molecule has 4 heteroatoms. The van der Waals surface area contributed by atoms with Gasteiger partial charge in [-0.15, -0.1) is 22.7 Å². The number of thiophene rings is 2. The molecule has 0 aliphatic rings. The minimum atomic E-state index is 0.0675. The van der Waals surface area contributed by atoms with Crippen LogP contribution in [0.25, 0.3) is 52.5 Å². The van der Waals surface area contributed by atoms with E-state index in [9.17, 15) is 0 Å². The van der Waals surface area contributed by atoms with E-state index in [4.69, 9.17) is 9.40 Å². The fourth-order valence-electron chi connectivity index (χ4n) is 4.22. The number of hydrogen-bond donors (Lipinski definition) is 0. The number of fused-ring (bicyclic) bond motifs is 6. The SMILES string of the molecule is CC(C)(C)c1cc(-c2nccc3sc4ccc5ccoc5c4c23)cc2ccsc12. The molecule has 0 fully saturated rings. The molecule has 2 nitrogen and oxygen atoms in total. The average Bonchev–Trinajstić information content (AvgIpc) is 3.41. The Hall–Kier alpha value is -2.69. The van der Waals surface area contributed by atoms with Gasteiger partial charge in [0.1, 0.15) is 5.58 Å². The number of pyridine rings is 1. The Bertz CT molecular complexity index is 1540. The lowest BCUT2D eigenvalue weighted by molar-refractivity contribution is 0.597. The highest BCUT2D eigenvalue weighted by molar-refractivity contribution is 7.26. The van der Waals surface area contributed by atoms with Crippen LogP contribution in [0.4, 0.5) is 0 Å². The van der Waals surface area contributed by atoms with E-state index < -0.39 is 0 Å². The fourth-order valence-corrected chi connectivity index (χ4v) is 6.43. The normalized spacial score (nSPS) is 12.7. The summed E-state index contributed by atoms with van der Waals surface area (Å²) < 4.78 is 9.76. The lowest BCUT2D eigenvalue weighted by Gasteiger charge is -2.21. The maximum Gasteiger partial charge on any atom is 0.143 e. The topological polar surface area (TPSA) is 26.0 Å². The second-order valence-electron chi connectivity index (χ2n) is 8.53. The molecule has 4 aromatic heterocycles. The molecular formula is C25H19NOS2. The first-order chi connectivity index (χ1) is 14.0. The highest BCUT2D eigenvalue weighted by atomic mass is 32.1. The van der Waals surface area contributed by atoms with E-state index in [0.29, 0.717) is 0 Å². The van der Waals surface area contributed by atoms with E-state index in [0.717, 1.165) is 16.7 Å². The molecule has 2 aromatic carbocycles. The van der Waals surface area contributed by atoms with Crippen molar-refractivity contribution in [2.75, 3.05) is 0 Å². The monoisotopic (exact) mass is 413 g/mol. The van der Waals surface area contributed by atoms with E-state index in [2.05, 4.69) is 62.5 Å². The predicted molar refractivity (Wildman–Crippen MR) is 126 cm³/mol. The zero-order valence-electron chi connectivity index (χ0n) is 16.4. The van der Waals surface area contributed by atoms with E-state index in [-0.39, 0.29) is 5.41 Å². The van der Waals surface area contributed by atoms with Gasteiger partial charge in [0, 0.05) is 42.0 Å². The lowest BCUT2D eigenvalue weighted by atomic mass is 9.85. The van der Waals surface area contributed by atoms with Crippen molar-refractivity contribution in [1.82, 2.24) is 4.98 Å². The molecule has 4 heterocycles. The van der Waals surface area contributed by atoms with Crippen LogP contribution in [0, 0.1) is 0 Å². The third-order valence-electron chi connectivity index (χ3n) is 5.60. The minimum absolute atomic E-state index is 0.0675. The Morgan fingerprint density at radius 3 is 2.62 bits per heavy atom. The summed E-state index contributed by atoms with van der Waals surface area (Å²) >= 11 is 3.63. The Balaban J connectivity index is 1.76. The van der Waals surface area contributed by atoms with Gasteiger partial charge in [0.2, 0.25) is 0 Å². The molecule has 0 bridgehead atoms. The molecule has 0 unspecified atom stereocenters. The van der Waals surface area contributed by atoms with Crippen LogP contribution in [-0.2, 0) is 5.41 Å². The Kier molecular flexibility index (Phi) is 3.50. The standard InChI is InChI=1S/C25H19NOS2/c1-25(2,3)17-13-16(12-15-8-11-28-24(15)17)22-20-19(6-9-26-22)29-18-5-4-14-7-10-27-23(14)21(18)20/h4-13H,1-3H3. The zero-order chi connectivity index (χ0) is 19.8. The van der Waals surface area contributed by atoms with E-state index >= 15 is 0 Å². The average molecular weight is 414 g/mol. The third kappa shape index (κ3) is 2.49. The summed E-state index contributed by atoms with van der Waals surface area (Å²) in [5.74, 6) is 0. The second kappa shape index (κ2) is 5.91. The lowest BCUT2D eigenvalue weighted by Crippen LogP contribution is -2.11. The van der Waals surface area contributed by atoms with Gasteiger partial charge in [0.25, 0.3) is 0 Å². The molecular weight excluding hydrogens is 394 g/mol. The van der Waals surface area contributed by atoms with Crippen LogP contribution in [0.15, 0.2) is 64.7 Å². The summed E-state index contributed by atoms with van der Waals surface area (Å²) in [7, 11) is 0. The highest BCUT2D eigenvalue weighted by Crippen LogP contribution is 2.44. The molecule has 0 radical (unpaired) electrons. The van der Waals surface area contributed by atoms with Crippen LogP contribution in [0.5, 0.6) is 0 Å². The van der Waals surface area contributed by atoms with Crippen molar-refractivity contribution in [3.63, 3.8) is 0 Å². The molecule has 0 N–H and O–H groups in total. The van der Waals surface area contributed by atoms with Gasteiger partial charge in [0.05, 0.1) is 12.0 Å². The van der Waals surface area contributed by atoms with Crippen LogP contribution in [0.1, 0.15) is 26.3 Å². The van der Waals surface area contributed by atoms with Crippen molar-refractivity contribution < 1.29 is 4.42 Å². The third-order valence-corrected chi connectivity index (χ3v) is 7.68. The summed E-state index contributed by atoms with van der Waals surface area (Å²) in [5, 5.41) is 6.99. The highest BCUT2D eigenvalue weighted by Gasteiger charge is 2.21. The largest absolute Gasteiger partial charge is 0.464 e. The van der Waals surface area contributed by atoms with Crippen LogP contribution in [0.3, 0.4) is 0 Å². The number of furan rings is 1. The van der Waals surface area contributed by atoms with Crippen molar-refractivity contribution in [3.8, 4) is 11.3 Å². The summed E-state index contributed by atoms with van der Waals surface area (Å²) in [5.41, 5.74) is 4.61. The van der Waals surface area contributed by atoms with Crippen molar-refractivity contribution in [1.29, 1.82) is 0 Å². The maximum atomic E-state index is 5.90. The van der Waals surface area contributed by atoms with Gasteiger partial charge >= 0.3 is 0 Å². The van der Waals surface area contributed by atoms with Crippen LogP contribution in [-0.4, -0.2) is 4.98 Å². The van der Waals surface area contributed by atoms with Gasteiger partial charge in [-0.25, -0.2) is 0 Å². The van der Waals surface area contributed by atoms with E-state index in [1.165, 1.54) is 41.4 Å². The molecule has 6 rings (SSSR count). The quantitative estimate of drug-likeness (QED) is 0.270. The van der Waals surface area contributed by atoms with Gasteiger partial charge < -0.3 is 4.42 Å². The number of rotatable bonds is 1. The Morgan fingerprint density at radius 1 is 0.897 bits per heavy atom. The van der Waals surface area contributed by atoms with E-state index in [1.54, 1.807) is 17.6 Å². The molecule has 0 spiro atoms. The molecule has 142 valence electrons. The first-order valence-electron chi connectivity index (χ1n) is 9.70. The minimum Gasteiger partial charge on any atom is -0.464 e. The molecule has 0 amide bonds. The summed E-state index contributed by atoms with van der Waals surface area (Å²) in [6.45, 7) is 6.85. The first kappa shape index (κ1) is 17.2. The van der Waals surface area contributed by atoms with Gasteiger partial charge in [-0.3, -0.25) is 4.98 Å². The molecule has 29 heavy (non-hydrogen) atoms. The first-order valence-corrected chi connectivity index (χ1v) is 11.4. The van der Waals surface area contributed by atoms with Crippen LogP contribution < -0.4 is 0 Å². The summed E-state index contributed by atoms with van der Waals surface area (Å²) in [6, 6.07) is 15.3. The number of nitrogens with zero attached hydrogens (tertiary/aromatic N) is 1. The van der Waals surface area contributed by atoms with Crippen molar-refractivity contribution >= 4 is 63.9 Å². The summed E-state index contributed by atoms with van der Waals surface area (Å²) in [6.07, 6.45) is 3.71. The fraction of sp³-hybridized carbons (Fsp3) is 0.160. The molecule has 0 aliphatic carbocycles. The van der Waals surface area contributed by atoms with Crippen molar-refractivity contribution in [2.24, 2.45) is 0 Å². The summed E-state index contributed by atoms with van der Waals surface area (Å²) in [4.78, 5) is 4.87. The van der Waals surface area contributed by atoms with Gasteiger partial charge in [-0.2, -0.15) is 0 Å². The second-order valence-corrected chi connectivity index (χ2v) is 10.5. The number of hydrogen-bond acceptors (Lipinski definition) is 4. The molecule has 0 saturated carbocycles. The maximum absolute atomic E-state index is 5.90. The number of benzene rings is 2. The Morgan fingerprint density at radius 2 is 1.76 bits per heavy atom. The molecule has 0 saturated heterocycles. The number of aromatic nitrogens is 1. The molecule has 0 atom stereocenters. The molecule has 6 aromatic rings. The van der Waals surface area contributed by atoms with Crippen LogP contribution in [0.2, 0.25) is 0 Å². The molecule has 0 aliphatic heterocycles.